The van der Waals surface area contributed by atoms with Crippen LogP contribution >= 0.6 is 0 Å². The smallest absolute Gasteiger partial charge is 0.307 e. The third-order valence-electron chi connectivity index (χ3n) is 4.65. The van der Waals surface area contributed by atoms with Gasteiger partial charge in [0.15, 0.2) is 0 Å². The second-order valence-electron chi connectivity index (χ2n) is 5.88. The third kappa shape index (κ3) is 2.46. The van der Waals surface area contributed by atoms with E-state index in [1.54, 1.807) is 0 Å². The minimum atomic E-state index is -0.866. The molecule has 1 saturated carbocycles. The maximum atomic E-state index is 12.5. The zero-order valence-electron chi connectivity index (χ0n) is 12.0. The standard InChI is InChI=1S/C17H19NO3/c1-2-10-4-3-5-13(8-10)18-16(19)14-11-6-7-12(9-11)15(14)17(20)21/h3-8,11-12,14-15H,2,9H2,1H3,(H,18,19)(H,20,21)/t11-,12-,14-,15-/m0/s1. The first kappa shape index (κ1) is 13.9. The van der Waals surface area contributed by atoms with Gasteiger partial charge in [0.2, 0.25) is 5.91 Å². The third-order valence-corrected chi connectivity index (χ3v) is 4.65. The fourth-order valence-electron chi connectivity index (χ4n) is 3.61. The molecule has 2 aliphatic rings. The van der Waals surface area contributed by atoms with Crippen LogP contribution in [0.2, 0.25) is 0 Å². The molecule has 1 aromatic carbocycles. The highest BCUT2D eigenvalue weighted by atomic mass is 16.4. The highest BCUT2D eigenvalue weighted by Gasteiger charge is 2.51. The number of nitrogens with one attached hydrogen (secondary N) is 1. The Hall–Kier alpha value is -2.10. The number of aliphatic carboxylic acids is 1. The van der Waals surface area contributed by atoms with E-state index in [-0.39, 0.29) is 17.7 Å². The van der Waals surface area contributed by atoms with Crippen molar-refractivity contribution in [1.29, 1.82) is 0 Å². The fraction of sp³-hybridized carbons (Fsp3) is 0.412. The van der Waals surface area contributed by atoms with Crippen LogP contribution in [0.4, 0.5) is 5.69 Å². The Kier molecular flexibility index (Phi) is 3.53. The number of hydrogen-bond donors (Lipinski definition) is 2. The molecule has 0 radical (unpaired) electrons. The Balaban J connectivity index is 1.78. The summed E-state index contributed by atoms with van der Waals surface area (Å²) in [6.07, 6.45) is 5.63. The van der Waals surface area contributed by atoms with Crippen molar-refractivity contribution in [3.63, 3.8) is 0 Å². The van der Waals surface area contributed by atoms with E-state index in [0.717, 1.165) is 24.1 Å². The summed E-state index contributed by atoms with van der Waals surface area (Å²) in [4.78, 5) is 24.0. The minimum Gasteiger partial charge on any atom is -0.481 e. The monoisotopic (exact) mass is 285 g/mol. The topological polar surface area (TPSA) is 66.4 Å². The second kappa shape index (κ2) is 5.35. The molecule has 4 nitrogen and oxygen atoms in total. The van der Waals surface area contributed by atoms with E-state index < -0.39 is 17.8 Å². The summed E-state index contributed by atoms with van der Waals surface area (Å²) in [6.45, 7) is 2.06. The molecular formula is C17H19NO3. The number of allylic oxidation sites excluding steroid dienone is 2. The van der Waals surface area contributed by atoms with Crippen LogP contribution in [0.1, 0.15) is 18.9 Å². The quantitative estimate of drug-likeness (QED) is 0.836. The van der Waals surface area contributed by atoms with Gasteiger partial charge in [-0.1, -0.05) is 31.2 Å². The molecule has 0 aliphatic heterocycles. The van der Waals surface area contributed by atoms with Crippen molar-refractivity contribution in [3.05, 3.63) is 42.0 Å². The highest BCUT2D eigenvalue weighted by molar-refractivity contribution is 5.96. The largest absolute Gasteiger partial charge is 0.481 e. The summed E-state index contributed by atoms with van der Waals surface area (Å²) >= 11 is 0. The number of benzene rings is 1. The number of carbonyl (C=O) groups is 2. The average molecular weight is 285 g/mol. The van der Waals surface area contributed by atoms with Gasteiger partial charge in [-0.25, -0.2) is 0 Å². The molecule has 21 heavy (non-hydrogen) atoms. The van der Waals surface area contributed by atoms with Crippen molar-refractivity contribution in [2.75, 3.05) is 5.32 Å². The number of carboxylic acid groups (broad SMARTS) is 1. The maximum Gasteiger partial charge on any atom is 0.307 e. The number of rotatable bonds is 4. The fourth-order valence-corrected chi connectivity index (χ4v) is 3.61. The van der Waals surface area contributed by atoms with Crippen molar-refractivity contribution in [1.82, 2.24) is 0 Å². The molecule has 4 heteroatoms. The van der Waals surface area contributed by atoms with Crippen LogP contribution in [-0.2, 0) is 16.0 Å². The highest BCUT2D eigenvalue weighted by Crippen LogP contribution is 2.48. The van der Waals surface area contributed by atoms with Crippen LogP contribution in [0.25, 0.3) is 0 Å². The number of anilines is 1. The van der Waals surface area contributed by atoms with Gasteiger partial charge >= 0.3 is 5.97 Å². The Bertz CT molecular complexity index is 608. The number of carboxylic acids is 1. The molecule has 0 unspecified atom stereocenters. The molecule has 2 N–H and O–H groups in total. The van der Waals surface area contributed by atoms with Crippen LogP contribution in [0.3, 0.4) is 0 Å². The van der Waals surface area contributed by atoms with E-state index in [0.29, 0.717) is 0 Å². The van der Waals surface area contributed by atoms with Gasteiger partial charge in [-0.05, 0) is 42.4 Å². The van der Waals surface area contributed by atoms with Crippen molar-refractivity contribution >= 4 is 17.6 Å². The Morgan fingerprint density at radius 3 is 2.62 bits per heavy atom. The maximum absolute atomic E-state index is 12.5. The van der Waals surface area contributed by atoms with E-state index in [2.05, 4.69) is 12.2 Å². The number of hydrogen-bond acceptors (Lipinski definition) is 2. The van der Waals surface area contributed by atoms with Gasteiger partial charge in [0, 0.05) is 5.69 Å². The van der Waals surface area contributed by atoms with Crippen LogP contribution in [-0.4, -0.2) is 17.0 Å². The van der Waals surface area contributed by atoms with E-state index >= 15 is 0 Å². The first-order chi connectivity index (χ1) is 10.1. The summed E-state index contributed by atoms with van der Waals surface area (Å²) in [5.74, 6) is -2.02. The summed E-state index contributed by atoms with van der Waals surface area (Å²) in [7, 11) is 0. The predicted molar refractivity (Wildman–Crippen MR) is 79.8 cm³/mol. The summed E-state index contributed by atoms with van der Waals surface area (Å²) < 4.78 is 0. The Morgan fingerprint density at radius 2 is 1.95 bits per heavy atom. The second-order valence-corrected chi connectivity index (χ2v) is 5.88. The van der Waals surface area contributed by atoms with Crippen molar-refractivity contribution in [3.8, 4) is 0 Å². The summed E-state index contributed by atoms with van der Waals surface area (Å²) in [5, 5.41) is 12.3. The lowest BCUT2D eigenvalue weighted by Crippen LogP contribution is -2.36. The van der Waals surface area contributed by atoms with E-state index in [1.807, 2.05) is 36.4 Å². The normalized spacial score (nSPS) is 29.6. The molecule has 1 amide bonds. The van der Waals surface area contributed by atoms with Crippen LogP contribution in [0.5, 0.6) is 0 Å². The Labute approximate surface area is 123 Å². The Morgan fingerprint density at radius 1 is 1.24 bits per heavy atom. The number of carbonyl (C=O) groups excluding carboxylic acids is 1. The van der Waals surface area contributed by atoms with Crippen molar-refractivity contribution in [2.24, 2.45) is 23.7 Å². The van der Waals surface area contributed by atoms with Crippen molar-refractivity contribution in [2.45, 2.75) is 19.8 Å². The molecule has 0 heterocycles. The van der Waals surface area contributed by atoms with Gasteiger partial charge in [0.25, 0.3) is 0 Å². The zero-order chi connectivity index (χ0) is 15.0. The summed E-state index contributed by atoms with van der Waals surface area (Å²) in [6, 6.07) is 7.70. The van der Waals surface area contributed by atoms with Crippen LogP contribution in [0.15, 0.2) is 36.4 Å². The van der Waals surface area contributed by atoms with Gasteiger partial charge in [0.1, 0.15) is 0 Å². The molecule has 4 atom stereocenters. The van der Waals surface area contributed by atoms with Gasteiger partial charge in [-0.2, -0.15) is 0 Å². The number of fused-ring (bicyclic) bond motifs is 2. The van der Waals surface area contributed by atoms with E-state index in [9.17, 15) is 14.7 Å². The molecule has 0 aromatic heterocycles. The lowest BCUT2D eigenvalue weighted by molar-refractivity contribution is -0.146. The molecule has 2 aliphatic carbocycles. The summed E-state index contributed by atoms with van der Waals surface area (Å²) in [5.41, 5.74) is 1.89. The molecule has 2 bridgehead atoms. The van der Waals surface area contributed by atoms with Gasteiger partial charge < -0.3 is 10.4 Å². The molecule has 1 fully saturated rings. The number of amides is 1. The zero-order valence-corrected chi connectivity index (χ0v) is 12.0. The van der Waals surface area contributed by atoms with Gasteiger partial charge in [-0.3, -0.25) is 9.59 Å². The molecule has 3 rings (SSSR count). The molecular weight excluding hydrogens is 266 g/mol. The average Bonchev–Trinajstić information content (AvgIpc) is 3.07. The lowest BCUT2D eigenvalue weighted by atomic mass is 9.82. The molecule has 1 aromatic rings. The van der Waals surface area contributed by atoms with E-state index in [4.69, 9.17) is 0 Å². The van der Waals surface area contributed by atoms with E-state index in [1.165, 1.54) is 0 Å². The van der Waals surface area contributed by atoms with Gasteiger partial charge in [-0.15, -0.1) is 0 Å². The predicted octanol–water partition coefficient (Wildman–Crippen LogP) is 2.71. The minimum absolute atomic E-state index is 0.00484. The first-order valence-electron chi connectivity index (χ1n) is 7.41. The van der Waals surface area contributed by atoms with Crippen LogP contribution in [0, 0.1) is 23.7 Å². The van der Waals surface area contributed by atoms with Gasteiger partial charge in [0.05, 0.1) is 11.8 Å². The number of aryl methyl sites for hydroxylation is 1. The SMILES string of the molecule is CCc1cccc(NC(=O)[C@@H]2[C@@H](C(=O)O)[C@H]3C=C[C@H]2C3)c1. The lowest BCUT2D eigenvalue weighted by Gasteiger charge is -2.23. The first-order valence-corrected chi connectivity index (χ1v) is 7.41. The van der Waals surface area contributed by atoms with Crippen molar-refractivity contribution < 1.29 is 14.7 Å². The van der Waals surface area contributed by atoms with Crippen LogP contribution < -0.4 is 5.32 Å². The molecule has 110 valence electrons. The molecule has 0 saturated heterocycles. The molecule has 0 spiro atoms.